The number of hydrogen-bond acceptors (Lipinski definition) is 6. The van der Waals surface area contributed by atoms with Crippen LogP contribution in [0.4, 0.5) is 11.6 Å². The van der Waals surface area contributed by atoms with Gasteiger partial charge in [0.15, 0.2) is 5.82 Å². The first kappa shape index (κ1) is 14.5. The molecule has 0 aliphatic heterocycles. The second-order valence-corrected chi connectivity index (χ2v) is 6.22. The summed E-state index contributed by atoms with van der Waals surface area (Å²) in [5.74, 6) is 1.16. The van der Waals surface area contributed by atoms with E-state index >= 15 is 0 Å². The van der Waals surface area contributed by atoms with Crippen LogP contribution in [0.25, 0.3) is 11.0 Å². The summed E-state index contributed by atoms with van der Waals surface area (Å²) in [6.45, 7) is 2.03. The number of nitrogens with one attached hydrogen (secondary N) is 1. The van der Waals surface area contributed by atoms with Crippen LogP contribution in [0.5, 0.6) is 0 Å². The molecular weight excluding hydrogens is 334 g/mol. The van der Waals surface area contributed by atoms with E-state index in [0.717, 1.165) is 41.7 Å². The van der Waals surface area contributed by atoms with Crippen molar-refractivity contribution in [2.75, 3.05) is 11.1 Å². The zero-order chi connectivity index (χ0) is 15.0. The number of rotatable bonds is 3. The Kier molecular flexibility index (Phi) is 3.95. The molecule has 0 aromatic carbocycles. The maximum atomic E-state index is 9.65. The number of hydrogen-bond donors (Lipinski definition) is 3. The van der Waals surface area contributed by atoms with Gasteiger partial charge in [-0.2, -0.15) is 0 Å². The first-order valence-corrected chi connectivity index (χ1v) is 7.93. The number of aryl methyl sites for hydroxylation is 1. The minimum absolute atomic E-state index is 0.215. The summed E-state index contributed by atoms with van der Waals surface area (Å²) in [5.41, 5.74) is 8.10. The van der Waals surface area contributed by atoms with Crippen molar-refractivity contribution in [3.8, 4) is 0 Å². The van der Waals surface area contributed by atoms with E-state index in [0.29, 0.717) is 16.9 Å². The van der Waals surface area contributed by atoms with Gasteiger partial charge < -0.3 is 16.2 Å². The van der Waals surface area contributed by atoms with Crippen molar-refractivity contribution >= 4 is 38.6 Å². The monoisotopic (exact) mass is 351 g/mol. The van der Waals surface area contributed by atoms with Gasteiger partial charge in [0.2, 0.25) is 0 Å². The van der Waals surface area contributed by atoms with Crippen molar-refractivity contribution in [1.82, 2.24) is 15.0 Å². The molecule has 3 rings (SSSR count). The van der Waals surface area contributed by atoms with Gasteiger partial charge in [-0.15, -0.1) is 0 Å². The molecule has 1 aliphatic rings. The first-order chi connectivity index (χ1) is 10.1. The van der Waals surface area contributed by atoms with Crippen LogP contribution in [0.1, 0.15) is 31.9 Å². The quantitative estimate of drug-likeness (QED) is 0.784. The lowest BCUT2D eigenvalue weighted by atomic mass is 10.2. The van der Waals surface area contributed by atoms with E-state index in [1.165, 1.54) is 0 Å². The van der Waals surface area contributed by atoms with Gasteiger partial charge >= 0.3 is 0 Å². The number of halogens is 1. The van der Waals surface area contributed by atoms with Gasteiger partial charge in [-0.3, -0.25) is 0 Å². The molecule has 1 fully saturated rings. The number of aliphatic hydroxyl groups is 1. The summed E-state index contributed by atoms with van der Waals surface area (Å²) in [6, 6.07) is 0.245. The number of fused-ring (bicyclic) bond motifs is 1. The predicted molar refractivity (Wildman–Crippen MR) is 86.1 cm³/mol. The zero-order valence-corrected chi connectivity index (χ0v) is 13.4. The fourth-order valence-electron chi connectivity index (χ4n) is 2.71. The second kappa shape index (κ2) is 5.73. The van der Waals surface area contributed by atoms with Gasteiger partial charge in [0, 0.05) is 12.2 Å². The average molecular weight is 352 g/mol. The van der Waals surface area contributed by atoms with Gasteiger partial charge in [0.25, 0.3) is 0 Å². The van der Waals surface area contributed by atoms with Crippen molar-refractivity contribution < 1.29 is 5.11 Å². The third-order valence-electron chi connectivity index (χ3n) is 3.83. The Bertz CT molecular complexity index is 678. The Hall–Kier alpha value is -1.47. The minimum atomic E-state index is -0.215. The smallest absolute Gasteiger partial charge is 0.151 e. The Morgan fingerprint density at radius 3 is 2.86 bits per heavy atom. The average Bonchev–Trinajstić information content (AvgIpc) is 2.88. The van der Waals surface area contributed by atoms with E-state index in [1.54, 1.807) is 6.20 Å². The Morgan fingerprint density at radius 1 is 1.38 bits per heavy atom. The number of nitrogens with two attached hydrogens (primary N) is 1. The summed E-state index contributed by atoms with van der Waals surface area (Å²) in [5, 5.41) is 13.1. The highest BCUT2D eigenvalue weighted by atomic mass is 79.9. The molecule has 0 spiro atoms. The molecule has 4 N–H and O–H groups in total. The van der Waals surface area contributed by atoms with Crippen molar-refractivity contribution in [3.05, 3.63) is 16.4 Å². The molecule has 7 heteroatoms. The van der Waals surface area contributed by atoms with E-state index in [4.69, 9.17) is 5.73 Å². The molecule has 0 saturated heterocycles. The summed E-state index contributed by atoms with van der Waals surface area (Å²) in [4.78, 5) is 13.4. The maximum Gasteiger partial charge on any atom is 0.151 e. The maximum absolute atomic E-state index is 9.65. The van der Waals surface area contributed by atoms with Crippen LogP contribution in [-0.4, -0.2) is 32.2 Å². The molecule has 1 saturated carbocycles. The molecule has 21 heavy (non-hydrogen) atoms. The number of nitrogen functional groups attached to an aromatic ring is 1. The van der Waals surface area contributed by atoms with Crippen LogP contribution >= 0.6 is 15.9 Å². The highest BCUT2D eigenvalue weighted by molar-refractivity contribution is 9.10. The summed E-state index contributed by atoms with van der Waals surface area (Å²) in [6.07, 6.45) is 4.72. The number of anilines is 2. The molecule has 2 aromatic rings. The lowest BCUT2D eigenvalue weighted by Gasteiger charge is -2.16. The molecule has 2 aromatic heterocycles. The number of aliphatic hydroxyl groups excluding tert-OH is 1. The fraction of sp³-hybridized carbons (Fsp3) is 0.500. The van der Waals surface area contributed by atoms with Gasteiger partial charge in [-0.05, 0) is 41.6 Å². The molecular formula is C14H18BrN5O. The predicted octanol–water partition coefficient (Wildman–Crippen LogP) is 2.26. The van der Waals surface area contributed by atoms with Gasteiger partial charge in [0.05, 0.1) is 16.3 Å². The van der Waals surface area contributed by atoms with Crippen molar-refractivity contribution in [1.29, 1.82) is 0 Å². The van der Waals surface area contributed by atoms with Crippen molar-refractivity contribution in [2.24, 2.45) is 0 Å². The van der Waals surface area contributed by atoms with Crippen LogP contribution < -0.4 is 11.1 Å². The fourth-order valence-corrected chi connectivity index (χ4v) is 3.09. The molecule has 1 aliphatic carbocycles. The standard InChI is InChI=1S/C14H18BrN5O/c1-2-10-14(18-7-3-4-8(21)5-7)20-11-9(15)6-17-13(16)12(11)19-10/h6-8,21H,2-5H2,1H3,(H2,16,17)(H,18,20)/t7-,8-/m1/s1. The second-order valence-electron chi connectivity index (χ2n) is 5.37. The largest absolute Gasteiger partial charge is 0.393 e. The molecule has 0 amide bonds. The summed E-state index contributed by atoms with van der Waals surface area (Å²) in [7, 11) is 0. The van der Waals surface area contributed by atoms with E-state index < -0.39 is 0 Å². The van der Waals surface area contributed by atoms with Crippen LogP contribution in [0.2, 0.25) is 0 Å². The SMILES string of the molecule is CCc1nc2c(N)ncc(Br)c2nc1N[C@@H]1CC[C@@H](O)C1. The van der Waals surface area contributed by atoms with Gasteiger partial charge in [-0.1, -0.05) is 6.92 Å². The topological polar surface area (TPSA) is 97.0 Å². The highest BCUT2D eigenvalue weighted by Crippen LogP contribution is 2.29. The summed E-state index contributed by atoms with van der Waals surface area (Å²) < 4.78 is 0.774. The molecule has 112 valence electrons. The molecule has 0 bridgehead atoms. The van der Waals surface area contributed by atoms with Crippen LogP contribution in [0.3, 0.4) is 0 Å². The van der Waals surface area contributed by atoms with E-state index in [-0.39, 0.29) is 12.1 Å². The van der Waals surface area contributed by atoms with Crippen LogP contribution in [0, 0.1) is 0 Å². The number of pyridine rings is 1. The Balaban J connectivity index is 2.02. The van der Waals surface area contributed by atoms with Gasteiger partial charge in [-0.25, -0.2) is 15.0 Å². The Morgan fingerprint density at radius 2 is 2.19 bits per heavy atom. The number of aromatic nitrogens is 3. The van der Waals surface area contributed by atoms with Gasteiger partial charge in [0.1, 0.15) is 16.9 Å². The number of nitrogens with zero attached hydrogens (tertiary/aromatic N) is 3. The van der Waals surface area contributed by atoms with E-state index in [2.05, 4.69) is 36.2 Å². The van der Waals surface area contributed by atoms with Crippen molar-refractivity contribution in [2.45, 2.75) is 44.8 Å². The van der Waals surface area contributed by atoms with Crippen LogP contribution in [-0.2, 0) is 6.42 Å². The summed E-state index contributed by atoms with van der Waals surface area (Å²) >= 11 is 3.45. The van der Waals surface area contributed by atoms with E-state index in [1.807, 2.05) is 6.92 Å². The van der Waals surface area contributed by atoms with E-state index in [9.17, 15) is 5.11 Å². The lowest BCUT2D eigenvalue weighted by molar-refractivity contribution is 0.182. The third-order valence-corrected chi connectivity index (χ3v) is 4.41. The molecule has 0 radical (unpaired) electrons. The third kappa shape index (κ3) is 2.80. The molecule has 2 atom stereocenters. The molecule has 0 unspecified atom stereocenters. The zero-order valence-electron chi connectivity index (χ0n) is 11.8. The normalized spacial score (nSPS) is 21.9. The minimum Gasteiger partial charge on any atom is -0.393 e. The molecule has 2 heterocycles. The lowest BCUT2D eigenvalue weighted by Crippen LogP contribution is -2.19. The molecule has 6 nitrogen and oxygen atoms in total. The van der Waals surface area contributed by atoms with Crippen LogP contribution in [0.15, 0.2) is 10.7 Å². The highest BCUT2D eigenvalue weighted by Gasteiger charge is 2.24. The van der Waals surface area contributed by atoms with Crippen molar-refractivity contribution in [3.63, 3.8) is 0 Å². The first-order valence-electron chi connectivity index (χ1n) is 7.13. The Labute approximate surface area is 131 Å².